The van der Waals surface area contributed by atoms with Gasteiger partial charge in [0.15, 0.2) is 0 Å². The van der Waals surface area contributed by atoms with E-state index in [1.165, 1.54) is 7.11 Å². The molecule has 9 nitrogen and oxygen atoms in total. The summed E-state index contributed by atoms with van der Waals surface area (Å²) >= 11 is 6.36. The van der Waals surface area contributed by atoms with Crippen LogP contribution in [-0.2, 0) is 41.0 Å². The predicted molar refractivity (Wildman–Crippen MR) is 152 cm³/mol. The Bertz CT molecular complexity index is 1550. The summed E-state index contributed by atoms with van der Waals surface area (Å²) in [5, 5.41) is 13.0. The van der Waals surface area contributed by atoms with E-state index in [2.05, 4.69) is 9.97 Å². The van der Waals surface area contributed by atoms with Gasteiger partial charge in [-0.3, -0.25) is 14.9 Å². The number of rotatable bonds is 10. The van der Waals surface area contributed by atoms with Crippen LogP contribution < -0.4 is 9.47 Å². The van der Waals surface area contributed by atoms with Crippen LogP contribution in [0.4, 0.5) is 5.69 Å². The number of methoxy groups -OCH3 is 1. The first-order chi connectivity index (χ1) is 19.9. The molecule has 0 aliphatic heterocycles. The highest BCUT2D eigenvalue weighted by Gasteiger charge is 2.47. The zero-order valence-electron chi connectivity index (χ0n) is 22.4. The summed E-state index contributed by atoms with van der Waals surface area (Å²) in [5.74, 6) is -0.763. The zero-order chi connectivity index (χ0) is 28.8. The van der Waals surface area contributed by atoms with Gasteiger partial charge in [0.2, 0.25) is 0 Å². The van der Waals surface area contributed by atoms with Gasteiger partial charge in [-0.2, -0.15) is 9.97 Å². The number of fused-ring (bicyclic) bond motifs is 1. The van der Waals surface area contributed by atoms with E-state index >= 15 is 0 Å². The Morgan fingerprint density at radius 3 is 2.27 bits per heavy atom. The third kappa shape index (κ3) is 6.15. The van der Waals surface area contributed by atoms with Crippen LogP contribution in [0.15, 0.2) is 78.9 Å². The van der Waals surface area contributed by atoms with E-state index in [9.17, 15) is 14.9 Å². The number of carbonyl (C=O) groups excluding carboxylic acids is 1. The van der Waals surface area contributed by atoms with Crippen molar-refractivity contribution in [1.29, 1.82) is 0 Å². The van der Waals surface area contributed by atoms with E-state index in [1.54, 1.807) is 12.1 Å². The Hall–Kier alpha value is -4.50. The smallest absolute Gasteiger partial charge is 0.352 e. The second-order valence-electron chi connectivity index (χ2n) is 9.82. The fraction of sp³-hybridized carbons (Fsp3) is 0.258. The lowest BCUT2D eigenvalue weighted by Gasteiger charge is -2.36. The summed E-state index contributed by atoms with van der Waals surface area (Å²) in [7, 11) is 1.31. The Kier molecular flexibility index (Phi) is 8.45. The second kappa shape index (κ2) is 12.3. The van der Waals surface area contributed by atoms with Gasteiger partial charge in [0.05, 0.1) is 17.4 Å². The lowest BCUT2D eigenvalue weighted by molar-refractivity contribution is -0.387. The Labute approximate surface area is 242 Å². The number of hydrogen-bond acceptors (Lipinski definition) is 8. The van der Waals surface area contributed by atoms with Gasteiger partial charge in [0.1, 0.15) is 18.9 Å². The van der Waals surface area contributed by atoms with Gasteiger partial charge in [-0.15, -0.1) is 0 Å². The quantitative estimate of drug-likeness (QED) is 0.125. The molecular weight excluding hydrogens is 546 g/mol. The average Bonchev–Trinajstić information content (AvgIpc) is 2.99. The van der Waals surface area contributed by atoms with E-state index in [4.69, 9.17) is 25.8 Å². The SMILES string of the molecule is COC(=O)C1(Cc2nc(OCc3ccccc3)nc(OCc3ccccc3)c2[N+](=O)[O-])CCCc2ccc(Cl)cc21. The lowest BCUT2D eigenvalue weighted by Crippen LogP contribution is -2.42. The summed E-state index contributed by atoms with van der Waals surface area (Å²) < 4.78 is 17.1. The zero-order valence-corrected chi connectivity index (χ0v) is 23.2. The largest absolute Gasteiger partial charge is 0.468 e. The maximum absolute atomic E-state index is 13.5. The van der Waals surface area contributed by atoms with E-state index in [0.29, 0.717) is 23.4 Å². The maximum Gasteiger partial charge on any atom is 0.352 e. The first-order valence-corrected chi connectivity index (χ1v) is 13.5. The van der Waals surface area contributed by atoms with Gasteiger partial charge in [-0.25, -0.2) is 0 Å². The molecule has 0 amide bonds. The average molecular weight is 574 g/mol. The molecule has 3 aromatic carbocycles. The standard InChI is InChI=1S/C31H28ClN3O6/c1-39-29(36)31(16-8-13-23-14-15-24(32)17-25(23)31)18-26-27(35(37)38)28(40-19-21-9-4-2-5-10-21)34-30(33-26)41-20-22-11-6-3-7-12-22/h2-7,9-12,14-15,17H,8,13,16,18-20H2,1H3. The van der Waals surface area contributed by atoms with Crippen molar-refractivity contribution < 1.29 is 23.9 Å². The molecule has 4 aromatic rings. The third-order valence-corrected chi connectivity index (χ3v) is 7.43. The molecule has 210 valence electrons. The lowest BCUT2D eigenvalue weighted by atomic mass is 9.67. The number of aryl methyl sites for hydroxylation is 1. The normalized spacial score (nSPS) is 16.0. The van der Waals surface area contributed by atoms with Gasteiger partial charge < -0.3 is 14.2 Å². The van der Waals surface area contributed by atoms with E-state index in [-0.39, 0.29) is 37.2 Å². The summed E-state index contributed by atoms with van der Waals surface area (Å²) in [6.45, 7) is 0.174. The Balaban J connectivity index is 1.61. The summed E-state index contributed by atoms with van der Waals surface area (Å²) in [6, 6.07) is 23.9. The van der Waals surface area contributed by atoms with Crippen LogP contribution in [0, 0.1) is 10.1 Å². The first kappa shape index (κ1) is 28.0. The van der Waals surface area contributed by atoms with Gasteiger partial charge in [0, 0.05) is 11.4 Å². The van der Waals surface area contributed by atoms with Crippen LogP contribution in [0.2, 0.25) is 5.02 Å². The van der Waals surface area contributed by atoms with Crippen molar-refractivity contribution in [3.63, 3.8) is 0 Å². The molecule has 1 heterocycles. The molecule has 0 saturated carbocycles. The van der Waals surface area contributed by atoms with Crippen molar-refractivity contribution in [2.75, 3.05) is 7.11 Å². The summed E-state index contributed by atoms with van der Waals surface area (Å²) in [6.07, 6.45) is 1.69. The monoisotopic (exact) mass is 573 g/mol. The van der Waals surface area contributed by atoms with Gasteiger partial charge in [-0.1, -0.05) is 78.3 Å². The molecule has 41 heavy (non-hydrogen) atoms. The molecule has 0 fully saturated rings. The van der Waals surface area contributed by atoms with Crippen LogP contribution in [0.3, 0.4) is 0 Å². The topological polar surface area (TPSA) is 114 Å². The van der Waals surface area contributed by atoms with Crippen molar-refractivity contribution in [1.82, 2.24) is 9.97 Å². The first-order valence-electron chi connectivity index (χ1n) is 13.2. The van der Waals surface area contributed by atoms with Gasteiger partial charge in [-0.05, 0) is 53.6 Å². The minimum Gasteiger partial charge on any atom is -0.468 e. The molecule has 1 aromatic heterocycles. The molecule has 0 bridgehead atoms. The van der Waals surface area contributed by atoms with Crippen LogP contribution in [-0.4, -0.2) is 28.0 Å². The number of carbonyl (C=O) groups is 1. The van der Waals surface area contributed by atoms with Crippen LogP contribution in [0.5, 0.6) is 11.9 Å². The third-order valence-electron chi connectivity index (χ3n) is 7.20. The highest BCUT2D eigenvalue weighted by Crippen LogP contribution is 2.44. The van der Waals surface area contributed by atoms with Crippen LogP contribution in [0.25, 0.3) is 0 Å². The van der Waals surface area contributed by atoms with Crippen molar-refractivity contribution in [2.24, 2.45) is 0 Å². The molecule has 0 radical (unpaired) electrons. The van der Waals surface area contributed by atoms with Crippen molar-refractivity contribution in [2.45, 2.75) is 44.3 Å². The van der Waals surface area contributed by atoms with E-state index in [1.807, 2.05) is 66.7 Å². The number of nitrogens with zero attached hydrogens (tertiary/aromatic N) is 3. The number of esters is 1. The van der Waals surface area contributed by atoms with Crippen LogP contribution in [0.1, 0.15) is 40.8 Å². The molecule has 5 rings (SSSR count). The number of benzene rings is 3. The van der Waals surface area contributed by atoms with E-state index < -0.39 is 22.0 Å². The molecule has 1 atom stereocenters. The number of ether oxygens (including phenoxy) is 3. The number of halogens is 1. The van der Waals surface area contributed by atoms with Crippen molar-refractivity contribution in [3.05, 3.63) is 122 Å². The summed E-state index contributed by atoms with van der Waals surface area (Å²) in [4.78, 5) is 34.2. The highest BCUT2D eigenvalue weighted by atomic mass is 35.5. The number of nitro groups is 1. The van der Waals surface area contributed by atoms with Gasteiger partial charge in [0.25, 0.3) is 0 Å². The van der Waals surface area contributed by atoms with Crippen molar-refractivity contribution >= 4 is 23.3 Å². The molecule has 0 N–H and O–H groups in total. The number of aromatic nitrogens is 2. The Morgan fingerprint density at radius 2 is 1.63 bits per heavy atom. The minimum atomic E-state index is -1.25. The molecule has 0 spiro atoms. The molecule has 0 saturated heterocycles. The summed E-state index contributed by atoms with van der Waals surface area (Å²) in [5.41, 5.74) is 1.61. The molecule has 10 heteroatoms. The molecule has 1 unspecified atom stereocenters. The maximum atomic E-state index is 13.5. The molecular formula is C31H28ClN3O6. The molecule has 1 aliphatic carbocycles. The van der Waals surface area contributed by atoms with Gasteiger partial charge >= 0.3 is 23.5 Å². The number of hydrogen-bond donors (Lipinski definition) is 0. The van der Waals surface area contributed by atoms with Crippen molar-refractivity contribution in [3.8, 4) is 11.9 Å². The minimum absolute atomic E-state index is 0.00866. The highest BCUT2D eigenvalue weighted by molar-refractivity contribution is 6.30. The fourth-order valence-corrected chi connectivity index (χ4v) is 5.43. The fourth-order valence-electron chi connectivity index (χ4n) is 5.25. The van der Waals surface area contributed by atoms with E-state index in [0.717, 1.165) is 23.1 Å². The van der Waals surface area contributed by atoms with Crippen LogP contribution >= 0.6 is 11.6 Å². The second-order valence-corrected chi connectivity index (χ2v) is 10.3. The molecule has 1 aliphatic rings. The predicted octanol–water partition coefficient (Wildman–Crippen LogP) is 6.19. The Morgan fingerprint density at radius 1 is 0.976 bits per heavy atom.